The molecule has 0 saturated carbocycles. The van der Waals surface area contributed by atoms with Crippen LogP contribution in [0.3, 0.4) is 0 Å². The van der Waals surface area contributed by atoms with E-state index in [9.17, 15) is 0 Å². The quantitative estimate of drug-likeness (QED) is 0.502. The molecule has 1 heterocycles. The Morgan fingerprint density at radius 1 is 0.833 bits per heavy atom. The summed E-state index contributed by atoms with van der Waals surface area (Å²) in [6, 6.07) is 0. The minimum absolute atomic E-state index is 0.911. The molecular formula is C11H19O. The van der Waals surface area contributed by atoms with Gasteiger partial charge in [-0.15, -0.1) is 0 Å². The largest absolute Gasteiger partial charge is 0.375 e. The van der Waals surface area contributed by atoms with Crippen molar-refractivity contribution in [2.75, 3.05) is 6.61 Å². The van der Waals surface area contributed by atoms with Crippen LogP contribution >= 0.6 is 0 Å². The van der Waals surface area contributed by atoms with Gasteiger partial charge in [-0.05, 0) is 25.7 Å². The highest BCUT2D eigenvalue weighted by molar-refractivity contribution is 4.84. The van der Waals surface area contributed by atoms with Crippen molar-refractivity contribution in [1.29, 1.82) is 0 Å². The summed E-state index contributed by atoms with van der Waals surface area (Å²) in [7, 11) is 0. The van der Waals surface area contributed by atoms with E-state index in [1.54, 1.807) is 0 Å². The molecule has 0 aliphatic carbocycles. The van der Waals surface area contributed by atoms with Gasteiger partial charge in [-0.1, -0.05) is 31.4 Å². The zero-order valence-electron chi connectivity index (χ0n) is 7.80. The Morgan fingerprint density at radius 3 is 2.67 bits per heavy atom. The smallest absolute Gasteiger partial charge is 0.0873 e. The molecule has 69 valence electrons. The van der Waals surface area contributed by atoms with Gasteiger partial charge in [-0.3, -0.25) is 0 Å². The average Bonchev–Trinajstić information content (AvgIpc) is 2.05. The van der Waals surface area contributed by atoms with E-state index in [2.05, 4.69) is 12.2 Å². The molecule has 1 heteroatoms. The zero-order valence-corrected chi connectivity index (χ0v) is 7.80. The highest BCUT2D eigenvalue weighted by Gasteiger charge is 1.92. The normalized spacial score (nSPS) is 25.3. The first-order chi connectivity index (χ1) is 6.00. The van der Waals surface area contributed by atoms with Crippen LogP contribution in [0.1, 0.15) is 44.9 Å². The molecule has 0 atom stereocenters. The minimum Gasteiger partial charge on any atom is -0.375 e. The second-order valence-electron chi connectivity index (χ2n) is 3.30. The van der Waals surface area contributed by atoms with Crippen LogP contribution in [-0.4, -0.2) is 6.61 Å². The van der Waals surface area contributed by atoms with Crippen LogP contribution in [0.4, 0.5) is 0 Å². The second-order valence-corrected chi connectivity index (χ2v) is 3.30. The van der Waals surface area contributed by atoms with Crippen molar-refractivity contribution >= 4 is 0 Å². The maximum absolute atomic E-state index is 5.33. The second kappa shape index (κ2) is 7.35. The molecule has 0 fully saturated rings. The van der Waals surface area contributed by atoms with Crippen LogP contribution in [0, 0.1) is 6.61 Å². The highest BCUT2D eigenvalue weighted by Crippen LogP contribution is 2.08. The molecule has 1 radical (unpaired) electrons. The Bertz CT molecular complexity index is 104. The lowest BCUT2D eigenvalue weighted by molar-refractivity contribution is 0.190. The van der Waals surface area contributed by atoms with E-state index in [1.807, 2.05) is 6.61 Å². The Morgan fingerprint density at radius 2 is 1.67 bits per heavy atom. The fraction of sp³-hybridized carbons (Fsp3) is 0.727. The fourth-order valence-corrected chi connectivity index (χ4v) is 1.40. The topological polar surface area (TPSA) is 9.23 Å². The summed E-state index contributed by atoms with van der Waals surface area (Å²) in [5, 5.41) is 0. The van der Waals surface area contributed by atoms with Crippen molar-refractivity contribution in [3.05, 3.63) is 18.8 Å². The maximum Gasteiger partial charge on any atom is 0.0873 e. The molecular weight excluding hydrogens is 148 g/mol. The van der Waals surface area contributed by atoms with Gasteiger partial charge in [-0.25, -0.2) is 0 Å². The number of hydrogen-bond acceptors (Lipinski definition) is 1. The van der Waals surface area contributed by atoms with E-state index in [0.29, 0.717) is 0 Å². The monoisotopic (exact) mass is 167 g/mol. The lowest BCUT2D eigenvalue weighted by atomic mass is 10.1. The van der Waals surface area contributed by atoms with Gasteiger partial charge < -0.3 is 4.74 Å². The van der Waals surface area contributed by atoms with Gasteiger partial charge in [0, 0.05) is 6.61 Å². The third kappa shape index (κ3) is 5.36. The fourth-order valence-electron chi connectivity index (χ4n) is 1.40. The van der Waals surface area contributed by atoms with Gasteiger partial charge in [0.2, 0.25) is 0 Å². The van der Waals surface area contributed by atoms with E-state index in [0.717, 1.165) is 13.0 Å². The van der Waals surface area contributed by atoms with Gasteiger partial charge in [-0.2, -0.15) is 0 Å². The number of ether oxygens (including phenoxy) is 1. The molecule has 1 aliphatic heterocycles. The number of allylic oxidation sites excluding steroid dienone is 1. The molecule has 1 rings (SSSR count). The van der Waals surface area contributed by atoms with Crippen LogP contribution in [0.15, 0.2) is 12.2 Å². The molecule has 0 spiro atoms. The highest BCUT2D eigenvalue weighted by atomic mass is 16.5. The van der Waals surface area contributed by atoms with Crippen molar-refractivity contribution < 1.29 is 4.74 Å². The molecule has 0 aromatic heterocycles. The predicted octanol–water partition coefficient (Wildman–Crippen LogP) is 3.47. The first-order valence-electron chi connectivity index (χ1n) is 5.08. The van der Waals surface area contributed by atoms with Crippen LogP contribution in [0.2, 0.25) is 0 Å². The van der Waals surface area contributed by atoms with Gasteiger partial charge >= 0.3 is 0 Å². The third-order valence-corrected chi connectivity index (χ3v) is 2.15. The Balaban J connectivity index is 2.10. The zero-order chi connectivity index (χ0) is 8.49. The molecule has 0 saturated heterocycles. The van der Waals surface area contributed by atoms with E-state index in [4.69, 9.17) is 4.74 Å². The Hall–Kier alpha value is -0.300. The first-order valence-corrected chi connectivity index (χ1v) is 5.08. The van der Waals surface area contributed by atoms with Gasteiger partial charge in [0.15, 0.2) is 0 Å². The molecule has 1 nitrogen and oxygen atoms in total. The van der Waals surface area contributed by atoms with E-state index in [-0.39, 0.29) is 0 Å². The summed E-state index contributed by atoms with van der Waals surface area (Å²) in [4.78, 5) is 0. The van der Waals surface area contributed by atoms with Gasteiger partial charge in [0.05, 0.1) is 6.61 Å². The third-order valence-electron chi connectivity index (χ3n) is 2.15. The average molecular weight is 167 g/mol. The predicted molar refractivity (Wildman–Crippen MR) is 51.7 cm³/mol. The van der Waals surface area contributed by atoms with Crippen LogP contribution in [0.5, 0.6) is 0 Å². The van der Waals surface area contributed by atoms with Crippen LogP contribution in [-0.2, 0) is 4.74 Å². The SMILES string of the molecule is [CH]1C/C=C/CCCCCCCO1. The lowest BCUT2D eigenvalue weighted by Gasteiger charge is -2.03. The summed E-state index contributed by atoms with van der Waals surface area (Å²) in [6.07, 6.45) is 13.3. The molecule has 0 amide bonds. The Labute approximate surface area is 75.8 Å². The summed E-state index contributed by atoms with van der Waals surface area (Å²) in [5.74, 6) is 0. The summed E-state index contributed by atoms with van der Waals surface area (Å²) >= 11 is 0. The number of hydrogen-bond donors (Lipinski definition) is 0. The number of rotatable bonds is 0. The van der Waals surface area contributed by atoms with E-state index < -0.39 is 0 Å². The summed E-state index contributed by atoms with van der Waals surface area (Å²) < 4.78 is 5.33. The van der Waals surface area contributed by atoms with E-state index in [1.165, 1.54) is 38.5 Å². The van der Waals surface area contributed by atoms with Gasteiger partial charge in [0.25, 0.3) is 0 Å². The molecule has 0 bridgehead atoms. The summed E-state index contributed by atoms with van der Waals surface area (Å²) in [6.45, 7) is 2.83. The van der Waals surface area contributed by atoms with Crippen molar-refractivity contribution in [3.8, 4) is 0 Å². The molecule has 1 aliphatic rings. The Kier molecular flexibility index (Phi) is 6.00. The first kappa shape index (κ1) is 9.79. The molecule has 0 aromatic carbocycles. The van der Waals surface area contributed by atoms with Crippen LogP contribution in [0.25, 0.3) is 0 Å². The van der Waals surface area contributed by atoms with Crippen molar-refractivity contribution in [3.63, 3.8) is 0 Å². The summed E-state index contributed by atoms with van der Waals surface area (Å²) in [5.41, 5.74) is 0. The molecule has 0 unspecified atom stereocenters. The molecule has 0 N–H and O–H groups in total. The lowest BCUT2D eigenvalue weighted by Crippen LogP contribution is -1.92. The maximum atomic E-state index is 5.33. The van der Waals surface area contributed by atoms with Crippen molar-refractivity contribution in [2.45, 2.75) is 44.9 Å². The minimum atomic E-state index is 0.911. The van der Waals surface area contributed by atoms with Gasteiger partial charge in [0.1, 0.15) is 0 Å². The molecule has 0 aromatic rings. The van der Waals surface area contributed by atoms with Crippen molar-refractivity contribution in [1.82, 2.24) is 0 Å². The molecule has 12 heavy (non-hydrogen) atoms. The van der Waals surface area contributed by atoms with Crippen LogP contribution < -0.4 is 0 Å². The standard InChI is InChI=1S/C11H19O/c1-2-4-6-8-10-12-11-9-7-5-3-1/h4,6,10H,1-3,5,7-9,11H2/b6-4+. The van der Waals surface area contributed by atoms with E-state index >= 15 is 0 Å². The van der Waals surface area contributed by atoms with Crippen molar-refractivity contribution in [2.24, 2.45) is 0 Å².